The molecule has 0 bridgehead atoms. The van der Waals surface area contributed by atoms with Gasteiger partial charge in [-0.1, -0.05) is 11.6 Å². The number of H-pyrrole nitrogens is 1. The normalized spacial score (nSPS) is 26.6. The van der Waals surface area contributed by atoms with Crippen LogP contribution in [-0.4, -0.2) is 63.3 Å². The summed E-state index contributed by atoms with van der Waals surface area (Å²) < 4.78 is 36.2. The lowest BCUT2D eigenvalue weighted by Gasteiger charge is -2.28. The summed E-state index contributed by atoms with van der Waals surface area (Å²) in [6, 6.07) is 6.00. The summed E-state index contributed by atoms with van der Waals surface area (Å²) in [5.74, 6) is -0.597. The van der Waals surface area contributed by atoms with E-state index in [1.54, 1.807) is 0 Å². The van der Waals surface area contributed by atoms with Crippen molar-refractivity contribution in [2.24, 2.45) is 0 Å². The number of aromatic nitrogens is 2. The van der Waals surface area contributed by atoms with Gasteiger partial charge in [0.25, 0.3) is 5.56 Å². The standard InChI is InChI=1S/C20H25ClN3O9PS/c1-11(17(27)30-3)23-34(29,33-13-6-4-12(21)5-7-13)31-10-14-16(26)20(2,28)18(32-14)24-9-8-15(25)22-19(24)35/h4-9,11,14,16,18,26,28H,10H2,1-3H3,(H,23,29)(H,22,25,35)/t11-,14+,16?,18+,20+,34?/m0/s1. The van der Waals surface area contributed by atoms with Gasteiger partial charge in [-0.25, -0.2) is 4.57 Å². The van der Waals surface area contributed by atoms with Crippen molar-refractivity contribution in [2.45, 2.75) is 43.9 Å². The van der Waals surface area contributed by atoms with Gasteiger partial charge < -0.3 is 24.2 Å². The minimum atomic E-state index is -4.25. The summed E-state index contributed by atoms with van der Waals surface area (Å²) in [5, 5.41) is 24.5. The molecule has 0 saturated carbocycles. The van der Waals surface area contributed by atoms with E-state index in [4.69, 9.17) is 37.6 Å². The first-order chi connectivity index (χ1) is 16.4. The number of carbonyl (C=O) groups is 1. The van der Waals surface area contributed by atoms with Crippen LogP contribution in [0.2, 0.25) is 5.02 Å². The zero-order valence-corrected chi connectivity index (χ0v) is 21.4. The Bertz CT molecular complexity index is 1220. The van der Waals surface area contributed by atoms with Gasteiger partial charge in [0.05, 0.1) is 13.7 Å². The van der Waals surface area contributed by atoms with E-state index in [9.17, 15) is 24.4 Å². The Morgan fingerprint density at radius 3 is 2.66 bits per heavy atom. The number of rotatable bonds is 9. The number of methoxy groups -OCH3 is 1. The SMILES string of the molecule is COC(=O)[C@H](C)NP(=O)(OC[C@H]1O[C@@H](n2ccc(=O)[nH]c2=S)[C@](C)(O)C1O)Oc1ccc(Cl)cc1. The number of carbonyl (C=O) groups excluding carboxylic acids is 1. The lowest BCUT2D eigenvalue weighted by atomic mass is 9.96. The molecule has 2 aromatic rings. The number of nitrogens with one attached hydrogen (secondary N) is 2. The zero-order chi connectivity index (χ0) is 26.0. The largest absolute Gasteiger partial charge is 0.468 e. The van der Waals surface area contributed by atoms with E-state index >= 15 is 0 Å². The molecule has 35 heavy (non-hydrogen) atoms. The highest BCUT2D eigenvalue weighted by Gasteiger charge is 2.53. The van der Waals surface area contributed by atoms with Crippen molar-refractivity contribution in [3.63, 3.8) is 0 Å². The summed E-state index contributed by atoms with van der Waals surface area (Å²) in [6.45, 7) is 2.19. The van der Waals surface area contributed by atoms with Crippen LogP contribution in [0.3, 0.4) is 0 Å². The summed E-state index contributed by atoms with van der Waals surface area (Å²) >= 11 is 11.0. The van der Waals surface area contributed by atoms with Crippen molar-refractivity contribution < 1.29 is 38.1 Å². The number of aliphatic hydroxyl groups excluding tert-OH is 1. The van der Waals surface area contributed by atoms with E-state index in [-0.39, 0.29) is 10.5 Å². The van der Waals surface area contributed by atoms with E-state index in [2.05, 4.69) is 14.8 Å². The molecule has 1 aromatic heterocycles. The molecule has 3 rings (SSSR count). The van der Waals surface area contributed by atoms with Crippen LogP contribution in [0.4, 0.5) is 0 Å². The van der Waals surface area contributed by atoms with Crippen molar-refractivity contribution in [3.05, 3.63) is 56.7 Å². The molecule has 192 valence electrons. The molecule has 0 spiro atoms. The highest BCUT2D eigenvalue weighted by atomic mass is 35.5. The van der Waals surface area contributed by atoms with Crippen molar-refractivity contribution in [1.82, 2.24) is 14.6 Å². The van der Waals surface area contributed by atoms with Gasteiger partial charge in [-0.3, -0.25) is 23.7 Å². The number of esters is 1. The lowest BCUT2D eigenvalue weighted by molar-refractivity contribution is -0.142. The van der Waals surface area contributed by atoms with Crippen LogP contribution in [0.1, 0.15) is 20.1 Å². The highest BCUT2D eigenvalue weighted by Crippen LogP contribution is 2.47. The topological polar surface area (TPSA) is 161 Å². The predicted molar refractivity (Wildman–Crippen MR) is 127 cm³/mol. The second-order valence-electron chi connectivity index (χ2n) is 7.93. The highest BCUT2D eigenvalue weighted by molar-refractivity contribution is 7.71. The maximum Gasteiger partial charge on any atom is 0.459 e. The number of hydrogen-bond acceptors (Lipinski definition) is 10. The Morgan fingerprint density at radius 1 is 1.40 bits per heavy atom. The maximum absolute atomic E-state index is 13.5. The monoisotopic (exact) mass is 549 g/mol. The fourth-order valence-corrected chi connectivity index (χ4v) is 5.24. The van der Waals surface area contributed by atoms with Gasteiger partial charge in [0.15, 0.2) is 11.0 Å². The molecule has 1 aromatic carbocycles. The molecule has 2 heterocycles. The average Bonchev–Trinajstić information content (AvgIpc) is 3.02. The first-order valence-electron chi connectivity index (χ1n) is 10.3. The number of hydrogen-bond donors (Lipinski definition) is 4. The molecule has 6 atom stereocenters. The van der Waals surface area contributed by atoms with Crippen LogP contribution in [0.5, 0.6) is 5.75 Å². The van der Waals surface area contributed by atoms with E-state index in [0.717, 1.165) is 0 Å². The number of benzene rings is 1. The smallest absolute Gasteiger partial charge is 0.459 e. The quantitative estimate of drug-likeness (QED) is 0.205. The Balaban J connectivity index is 1.81. The second-order valence-corrected chi connectivity index (χ2v) is 10.4. The third kappa shape index (κ3) is 6.38. The van der Waals surface area contributed by atoms with Gasteiger partial charge in [0.2, 0.25) is 0 Å². The van der Waals surface area contributed by atoms with Crippen LogP contribution in [-0.2, 0) is 23.4 Å². The molecular formula is C20H25ClN3O9PS. The van der Waals surface area contributed by atoms with E-state index in [1.807, 2.05) is 0 Å². The van der Waals surface area contributed by atoms with Crippen molar-refractivity contribution >= 4 is 37.5 Å². The Labute approximate surface area is 210 Å². The summed E-state index contributed by atoms with van der Waals surface area (Å²) in [4.78, 5) is 25.8. The molecule has 12 nitrogen and oxygen atoms in total. The number of aromatic amines is 1. The molecule has 1 saturated heterocycles. The van der Waals surface area contributed by atoms with Gasteiger partial charge >= 0.3 is 13.7 Å². The Hall–Kier alpha value is -2.09. The number of halogens is 1. The van der Waals surface area contributed by atoms with Crippen LogP contribution >= 0.6 is 31.6 Å². The van der Waals surface area contributed by atoms with Gasteiger partial charge in [-0.15, -0.1) is 0 Å². The summed E-state index contributed by atoms with van der Waals surface area (Å²) in [6.07, 6.45) is -2.59. The molecular weight excluding hydrogens is 525 g/mol. The minimum absolute atomic E-state index is 0.0399. The second kappa shape index (κ2) is 10.9. The number of nitrogens with zero attached hydrogens (tertiary/aromatic N) is 1. The van der Waals surface area contributed by atoms with Crippen molar-refractivity contribution in [2.75, 3.05) is 13.7 Å². The third-order valence-corrected chi connectivity index (χ3v) is 7.42. The van der Waals surface area contributed by atoms with Gasteiger partial charge in [-0.2, -0.15) is 5.09 Å². The first-order valence-corrected chi connectivity index (χ1v) is 12.6. The van der Waals surface area contributed by atoms with Crippen molar-refractivity contribution in [1.29, 1.82) is 0 Å². The molecule has 1 fully saturated rings. The lowest BCUT2D eigenvalue weighted by Crippen LogP contribution is -2.45. The molecule has 0 radical (unpaired) electrons. The van der Waals surface area contributed by atoms with Crippen LogP contribution < -0.4 is 15.2 Å². The van der Waals surface area contributed by atoms with Crippen LogP contribution in [0.15, 0.2) is 41.3 Å². The number of ether oxygens (including phenoxy) is 2. The molecule has 2 unspecified atom stereocenters. The Kier molecular flexibility index (Phi) is 8.56. The molecule has 1 aliphatic heterocycles. The first kappa shape index (κ1) is 27.5. The van der Waals surface area contributed by atoms with Gasteiger partial charge in [-0.05, 0) is 50.3 Å². The Morgan fingerprint density at radius 2 is 2.06 bits per heavy atom. The van der Waals surface area contributed by atoms with E-state index < -0.39 is 56.0 Å². The molecule has 0 amide bonds. The van der Waals surface area contributed by atoms with Gasteiger partial charge in [0.1, 0.15) is 29.6 Å². The van der Waals surface area contributed by atoms with Crippen molar-refractivity contribution in [3.8, 4) is 5.75 Å². The number of aliphatic hydroxyl groups is 2. The summed E-state index contributed by atoms with van der Waals surface area (Å²) in [5.41, 5.74) is -2.31. The summed E-state index contributed by atoms with van der Waals surface area (Å²) in [7, 11) is -3.08. The third-order valence-electron chi connectivity index (χ3n) is 5.21. The van der Waals surface area contributed by atoms with Crippen LogP contribution in [0.25, 0.3) is 0 Å². The average molecular weight is 550 g/mol. The maximum atomic E-state index is 13.5. The molecule has 4 N–H and O–H groups in total. The molecule has 1 aliphatic rings. The molecule has 0 aliphatic carbocycles. The fraction of sp³-hybridized carbons (Fsp3) is 0.450. The fourth-order valence-electron chi connectivity index (χ4n) is 3.35. The van der Waals surface area contributed by atoms with E-state index in [0.29, 0.717) is 5.02 Å². The van der Waals surface area contributed by atoms with Gasteiger partial charge in [0, 0.05) is 17.3 Å². The predicted octanol–water partition coefficient (Wildman–Crippen LogP) is 1.92. The zero-order valence-electron chi connectivity index (χ0n) is 18.9. The van der Waals surface area contributed by atoms with E-state index in [1.165, 1.54) is 62.1 Å². The molecule has 15 heteroatoms. The van der Waals surface area contributed by atoms with Crippen LogP contribution in [0, 0.1) is 4.77 Å². The minimum Gasteiger partial charge on any atom is -0.468 e.